The van der Waals surface area contributed by atoms with Gasteiger partial charge in [-0.3, -0.25) is 9.59 Å². The molecule has 0 fully saturated rings. The van der Waals surface area contributed by atoms with Gasteiger partial charge in [0.2, 0.25) is 0 Å². The van der Waals surface area contributed by atoms with Crippen molar-refractivity contribution in [3.8, 4) is 0 Å². The quantitative estimate of drug-likeness (QED) is 0.116. The monoisotopic (exact) mass is 894 g/mol. The van der Waals surface area contributed by atoms with Crippen LogP contribution in [0.2, 0.25) is 0 Å². The molecule has 0 atom stereocenters. The summed E-state index contributed by atoms with van der Waals surface area (Å²) in [7, 11) is 0. The molecule has 1 aromatic rings. The van der Waals surface area contributed by atoms with Gasteiger partial charge in [0.05, 0.1) is 13.1 Å². The minimum atomic E-state index is -0.846. The lowest BCUT2D eigenvalue weighted by Crippen LogP contribution is -2.54. The van der Waals surface area contributed by atoms with Crippen molar-refractivity contribution in [2.45, 2.75) is 261 Å². The molecule has 0 aliphatic rings. The summed E-state index contributed by atoms with van der Waals surface area (Å²) in [5, 5.41) is 0. The van der Waals surface area contributed by atoms with E-state index in [0.717, 1.165) is 33.0 Å². The molecule has 0 unspecified atom stereocenters. The first-order valence-electron chi connectivity index (χ1n) is 19.5. The van der Waals surface area contributed by atoms with E-state index in [1.54, 1.807) is 41.5 Å². The van der Waals surface area contributed by atoms with Crippen LogP contribution < -0.4 is 17.1 Å². The zero-order valence-electron chi connectivity index (χ0n) is 38.5. The number of rotatable bonds is 12. The van der Waals surface area contributed by atoms with Gasteiger partial charge in [-0.2, -0.15) is 0 Å². The highest BCUT2D eigenvalue weighted by Gasteiger charge is 2.34. The lowest BCUT2D eigenvalue weighted by molar-refractivity contribution is -0.174. The van der Waals surface area contributed by atoms with Gasteiger partial charge in [0.1, 0.15) is 11.2 Å². The normalized spacial score (nSPS) is 10.7. The maximum Gasteiger partial charge on any atom is 0.336 e. The molecule has 0 saturated carbocycles. The summed E-state index contributed by atoms with van der Waals surface area (Å²) >= 11 is 0. The Labute approximate surface area is 388 Å². The van der Waals surface area contributed by atoms with E-state index in [0.29, 0.717) is 30.2 Å². The molecule has 380 valence electrons. The zero-order valence-corrected chi connectivity index (χ0v) is 38.5. The Balaban J connectivity index is -0.0000000689. The number of hydrogen-bond acceptors (Lipinski definition) is 7. The van der Waals surface area contributed by atoms with Gasteiger partial charge in [0.25, 0.3) is 0 Å². The summed E-state index contributed by atoms with van der Waals surface area (Å²) in [5.41, 5.74) is -1.70. The van der Waals surface area contributed by atoms with Gasteiger partial charge in [-0.15, -0.1) is 13.2 Å². The SMILES string of the molecule is C.C.C.C.C.C.C.C.C=CCn1c(=O)n(CC=C)c(=O)n(CCCC(C)(C)C)c1=O.CC(C)(C)C.CC(C)(C)C.CC(C)(C)CCCC(C(=O)OC(C)(C)C)C(=O)OC(C)(C)C. The molecular formula is C52H115N3O7. The van der Waals surface area contributed by atoms with Crippen molar-refractivity contribution in [3.05, 3.63) is 56.8 Å². The van der Waals surface area contributed by atoms with Gasteiger partial charge in [0, 0.05) is 6.54 Å². The number of esters is 2. The molecule has 0 spiro atoms. The van der Waals surface area contributed by atoms with Crippen molar-refractivity contribution >= 4 is 11.9 Å². The molecule has 0 aliphatic carbocycles. The molecule has 0 saturated heterocycles. The van der Waals surface area contributed by atoms with Gasteiger partial charge in [-0.25, -0.2) is 28.1 Å². The van der Waals surface area contributed by atoms with E-state index in [1.807, 2.05) is 0 Å². The zero-order chi connectivity index (χ0) is 43.7. The van der Waals surface area contributed by atoms with Crippen LogP contribution in [0.5, 0.6) is 0 Å². The number of hydrogen-bond donors (Lipinski definition) is 0. The van der Waals surface area contributed by atoms with Crippen molar-refractivity contribution in [3.63, 3.8) is 0 Å². The maximum atomic E-state index is 12.4. The van der Waals surface area contributed by atoms with E-state index >= 15 is 0 Å². The number of nitrogens with zero attached hydrogens (tertiary/aromatic N) is 3. The summed E-state index contributed by atoms with van der Waals surface area (Å²) in [6.07, 6.45) is 6.68. The topological polar surface area (TPSA) is 119 Å². The largest absolute Gasteiger partial charge is 0.459 e. The Bertz CT molecular complexity index is 1370. The molecule has 62 heavy (non-hydrogen) atoms. The minimum absolute atomic E-state index is 0. The molecule has 0 aromatic carbocycles. The summed E-state index contributed by atoms with van der Waals surface area (Å²) in [6, 6.07) is 0. The Morgan fingerprint density at radius 1 is 0.484 bits per heavy atom. The van der Waals surface area contributed by atoms with E-state index in [4.69, 9.17) is 9.47 Å². The number of ether oxygens (including phenoxy) is 2. The van der Waals surface area contributed by atoms with Crippen molar-refractivity contribution < 1.29 is 19.1 Å². The second-order valence-electron chi connectivity index (χ2n) is 21.5. The Morgan fingerprint density at radius 3 is 0.952 bits per heavy atom. The van der Waals surface area contributed by atoms with Crippen molar-refractivity contribution in [2.75, 3.05) is 0 Å². The maximum absolute atomic E-state index is 12.4. The van der Waals surface area contributed by atoms with Crippen LogP contribution in [-0.2, 0) is 38.7 Å². The van der Waals surface area contributed by atoms with E-state index in [2.05, 4.69) is 110 Å². The molecular weight excluding hydrogens is 779 g/mol. The fourth-order valence-electron chi connectivity index (χ4n) is 4.13. The molecule has 0 bridgehead atoms. The first kappa shape index (κ1) is 86.0. The Morgan fingerprint density at radius 2 is 0.726 bits per heavy atom. The average Bonchev–Trinajstić information content (AvgIpc) is 2.88. The lowest BCUT2D eigenvalue weighted by atomic mass is 9.88. The van der Waals surface area contributed by atoms with Crippen LogP contribution in [0.15, 0.2) is 39.7 Å². The van der Waals surface area contributed by atoms with Crippen molar-refractivity contribution in [1.82, 2.24) is 13.7 Å². The molecule has 1 heterocycles. The van der Waals surface area contributed by atoms with Crippen LogP contribution in [-0.4, -0.2) is 36.8 Å². The molecule has 1 aromatic heterocycles. The van der Waals surface area contributed by atoms with Crippen LogP contribution in [0.1, 0.15) is 230 Å². The predicted molar refractivity (Wildman–Crippen MR) is 281 cm³/mol. The van der Waals surface area contributed by atoms with Crippen LogP contribution in [0.3, 0.4) is 0 Å². The molecule has 10 heteroatoms. The highest BCUT2D eigenvalue weighted by atomic mass is 16.6. The molecule has 0 N–H and O–H groups in total. The van der Waals surface area contributed by atoms with Crippen LogP contribution >= 0.6 is 0 Å². The van der Waals surface area contributed by atoms with Gasteiger partial charge in [-0.1, -0.05) is 175 Å². The second-order valence-corrected chi connectivity index (χ2v) is 21.5. The molecule has 0 radical (unpaired) electrons. The summed E-state index contributed by atoms with van der Waals surface area (Å²) in [4.78, 5) is 61.5. The number of carbonyl (C=O) groups excluding carboxylic acids is 2. The predicted octanol–water partition coefficient (Wildman–Crippen LogP) is 15.1. The molecule has 10 nitrogen and oxygen atoms in total. The Hall–Kier alpha value is -3.17. The van der Waals surface area contributed by atoms with Gasteiger partial charge in [0.15, 0.2) is 5.92 Å². The third kappa shape index (κ3) is 51.2. The van der Waals surface area contributed by atoms with Gasteiger partial charge < -0.3 is 9.47 Å². The summed E-state index contributed by atoms with van der Waals surface area (Å²) in [5.74, 6) is -1.83. The third-order valence-electron chi connectivity index (χ3n) is 6.12. The Kier molecular flexibility index (Phi) is 50.2. The van der Waals surface area contributed by atoms with E-state index in [9.17, 15) is 24.0 Å². The molecule has 0 aliphatic heterocycles. The average molecular weight is 895 g/mol. The second kappa shape index (κ2) is 36.2. The van der Waals surface area contributed by atoms with E-state index < -0.39 is 46.1 Å². The minimum Gasteiger partial charge on any atom is -0.459 e. The van der Waals surface area contributed by atoms with E-state index in [1.165, 1.54) is 12.2 Å². The lowest BCUT2D eigenvalue weighted by Gasteiger charge is -2.27. The number of allylic oxidation sites excluding steroid dienone is 2. The third-order valence-corrected chi connectivity index (χ3v) is 6.12. The summed E-state index contributed by atoms with van der Waals surface area (Å²) in [6.45, 7) is 48.6. The smallest absolute Gasteiger partial charge is 0.336 e. The first-order valence-corrected chi connectivity index (χ1v) is 19.5. The van der Waals surface area contributed by atoms with Gasteiger partial charge >= 0.3 is 29.0 Å². The standard InChI is InChI=1S/C18H34O4.C16H25N3O3.2C5H12.8CH4/c1-16(2,3)12-10-11-13(14(19)21-17(4,5)6)15(20)22-18(7,8)9;1-6-10-17-13(20)18(11-7-2)15(22)19(14(17)21)12-8-9-16(3,4)5;2*1-5(2,3)4;;;;;;;;/h13H,10-12H2,1-9H3;6-7H,1-2,8-12H2,3-5H3;2*1-4H3;8*1H4. The van der Waals surface area contributed by atoms with Crippen LogP contribution in [0, 0.1) is 27.6 Å². The highest BCUT2D eigenvalue weighted by molar-refractivity contribution is 5.95. The van der Waals surface area contributed by atoms with Crippen LogP contribution in [0.4, 0.5) is 0 Å². The number of aromatic nitrogens is 3. The van der Waals surface area contributed by atoms with Crippen molar-refractivity contribution in [1.29, 1.82) is 0 Å². The van der Waals surface area contributed by atoms with E-state index in [-0.39, 0.29) is 83.3 Å². The summed E-state index contributed by atoms with van der Waals surface area (Å²) < 4.78 is 13.9. The fourth-order valence-corrected chi connectivity index (χ4v) is 4.13. The van der Waals surface area contributed by atoms with Gasteiger partial charge in [-0.05, 0) is 88.9 Å². The first-order chi connectivity index (χ1) is 23.8. The highest BCUT2D eigenvalue weighted by Crippen LogP contribution is 2.26. The van der Waals surface area contributed by atoms with Crippen molar-refractivity contribution in [2.24, 2.45) is 27.6 Å². The van der Waals surface area contributed by atoms with Crippen LogP contribution in [0.25, 0.3) is 0 Å². The number of carbonyl (C=O) groups is 2. The molecule has 0 amide bonds. The molecule has 1 rings (SSSR count). The fraction of sp³-hybridized carbons (Fsp3) is 0.827.